The maximum atomic E-state index is 13.7. The molecule has 0 radical (unpaired) electrons. The van der Waals surface area contributed by atoms with Gasteiger partial charge in [0.2, 0.25) is 0 Å². The van der Waals surface area contributed by atoms with Gasteiger partial charge in [-0.15, -0.1) is 0 Å². The van der Waals surface area contributed by atoms with Gasteiger partial charge < -0.3 is 10.1 Å². The number of aromatic nitrogens is 2. The Morgan fingerprint density at radius 2 is 1.93 bits per heavy atom. The highest BCUT2D eigenvalue weighted by molar-refractivity contribution is 6.04. The van der Waals surface area contributed by atoms with E-state index in [4.69, 9.17) is 0 Å². The van der Waals surface area contributed by atoms with Crippen LogP contribution in [0, 0.1) is 11.6 Å². The molecule has 1 heterocycles. The normalized spacial score (nSPS) is 12.5. The predicted molar refractivity (Wildman–Crippen MR) is 101 cm³/mol. The van der Waals surface area contributed by atoms with Crippen LogP contribution < -0.4 is 5.32 Å². The van der Waals surface area contributed by atoms with Gasteiger partial charge in [0.1, 0.15) is 0 Å². The number of hydrogen-bond donors (Lipinski definition) is 1. The molecule has 1 aliphatic carbocycles. The van der Waals surface area contributed by atoms with Crippen molar-refractivity contribution in [3.63, 3.8) is 0 Å². The lowest BCUT2D eigenvalue weighted by Gasteiger charge is -2.07. The van der Waals surface area contributed by atoms with Crippen LogP contribution in [0.1, 0.15) is 38.5 Å². The molecule has 1 aliphatic rings. The van der Waals surface area contributed by atoms with Crippen molar-refractivity contribution in [3.05, 3.63) is 76.6 Å². The van der Waals surface area contributed by atoms with Crippen molar-refractivity contribution in [2.45, 2.75) is 19.3 Å². The number of anilines is 1. The maximum absolute atomic E-state index is 13.7. The zero-order valence-electron chi connectivity index (χ0n) is 15.5. The van der Waals surface area contributed by atoms with Crippen molar-refractivity contribution in [1.29, 1.82) is 0 Å². The lowest BCUT2D eigenvalue weighted by molar-refractivity contribution is 0.0600. The largest absolute Gasteiger partial charge is 0.465 e. The third-order valence-electron chi connectivity index (χ3n) is 4.83. The van der Waals surface area contributed by atoms with E-state index in [9.17, 15) is 18.4 Å². The predicted octanol–water partition coefficient (Wildman–Crippen LogP) is 3.68. The molecule has 29 heavy (non-hydrogen) atoms. The minimum atomic E-state index is -0.977. The van der Waals surface area contributed by atoms with E-state index in [1.54, 1.807) is 18.2 Å². The van der Waals surface area contributed by atoms with Crippen LogP contribution in [0.3, 0.4) is 0 Å². The number of esters is 1. The average Bonchev–Trinajstić information content (AvgIpc) is 3.32. The second-order valence-electron chi connectivity index (χ2n) is 6.66. The van der Waals surface area contributed by atoms with Crippen LogP contribution in [0.5, 0.6) is 0 Å². The molecule has 2 aromatic carbocycles. The van der Waals surface area contributed by atoms with E-state index in [1.807, 2.05) is 0 Å². The number of carbonyl (C=O) groups is 2. The van der Waals surface area contributed by atoms with Crippen LogP contribution in [-0.2, 0) is 17.6 Å². The van der Waals surface area contributed by atoms with Crippen molar-refractivity contribution in [3.8, 4) is 5.69 Å². The number of amides is 1. The molecule has 1 N–H and O–H groups in total. The molecule has 0 atom stereocenters. The number of ether oxygens (including phenoxy) is 1. The Bertz CT molecular complexity index is 1120. The summed E-state index contributed by atoms with van der Waals surface area (Å²) in [5.41, 5.74) is 2.91. The number of rotatable bonds is 4. The Hall–Kier alpha value is -3.55. The molecule has 0 saturated heterocycles. The van der Waals surface area contributed by atoms with Crippen molar-refractivity contribution in [2.75, 3.05) is 12.4 Å². The summed E-state index contributed by atoms with van der Waals surface area (Å²) in [7, 11) is 1.28. The molecule has 0 fully saturated rings. The lowest BCUT2D eigenvalue weighted by atomic mass is 10.1. The molecule has 1 amide bonds. The maximum Gasteiger partial charge on any atom is 0.337 e. The van der Waals surface area contributed by atoms with Crippen molar-refractivity contribution in [2.24, 2.45) is 0 Å². The monoisotopic (exact) mass is 397 g/mol. The second-order valence-corrected chi connectivity index (χ2v) is 6.66. The van der Waals surface area contributed by atoms with E-state index in [1.165, 1.54) is 23.9 Å². The first kappa shape index (κ1) is 18.8. The highest BCUT2D eigenvalue weighted by Crippen LogP contribution is 2.29. The summed E-state index contributed by atoms with van der Waals surface area (Å²) in [6.07, 6.45) is 2.20. The molecule has 0 spiro atoms. The molecular weight excluding hydrogens is 380 g/mol. The molecular formula is C21H17F2N3O3. The number of benzene rings is 2. The summed E-state index contributed by atoms with van der Waals surface area (Å²) in [6.45, 7) is 0. The topological polar surface area (TPSA) is 73.2 Å². The first-order chi connectivity index (χ1) is 14.0. The standard InChI is InChI=1S/C21H17F2N3O3/c1-29-21(28)12-4-2-5-13(10-12)24-20(27)19-15-6-3-7-18(15)26(25-19)14-8-9-16(22)17(23)11-14/h2,4-5,8-11H,3,6-7H2,1H3,(H,24,27). The second kappa shape index (κ2) is 7.46. The highest BCUT2D eigenvalue weighted by Gasteiger charge is 2.27. The van der Waals surface area contributed by atoms with Gasteiger partial charge in [0.05, 0.1) is 18.4 Å². The van der Waals surface area contributed by atoms with Crippen LogP contribution >= 0.6 is 0 Å². The molecule has 1 aromatic heterocycles. The Balaban J connectivity index is 1.66. The zero-order valence-corrected chi connectivity index (χ0v) is 15.5. The number of nitrogens with one attached hydrogen (secondary N) is 1. The highest BCUT2D eigenvalue weighted by atomic mass is 19.2. The van der Waals surface area contributed by atoms with E-state index in [0.29, 0.717) is 29.8 Å². The SMILES string of the molecule is COC(=O)c1cccc(NC(=O)c2nn(-c3ccc(F)c(F)c3)c3c2CCC3)c1. The van der Waals surface area contributed by atoms with E-state index in [-0.39, 0.29) is 5.69 Å². The molecule has 6 nitrogen and oxygen atoms in total. The Labute approximate surface area is 165 Å². The molecule has 0 saturated carbocycles. The van der Waals surface area contributed by atoms with Gasteiger partial charge in [0.25, 0.3) is 5.91 Å². The van der Waals surface area contributed by atoms with Gasteiger partial charge in [-0.3, -0.25) is 4.79 Å². The molecule has 4 rings (SSSR count). The van der Waals surface area contributed by atoms with E-state index in [0.717, 1.165) is 29.8 Å². The molecule has 0 aliphatic heterocycles. The van der Waals surface area contributed by atoms with Gasteiger partial charge in [-0.1, -0.05) is 6.07 Å². The number of hydrogen-bond acceptors (Lipinski definition) is 4. The first-order valence-corrected chi connectivity index (χ1v) is 9.04. The van der Waals surface area contributed by atoms with Crippen molar-refractivity contribution < 1.29 is 23.1 Å². The van der Waals surface area contributed by atoms with Crippen LogP contribution in [0.4, 0.5) is 14.5 Å². The van der Waals surface area contributed by atoms with Crippen LogP contribution in [0.2, 0.25) is 0 Å². The number of nitrogens with zero attached hydrogens (tertiary/aromatic N) is 2. The number of carbonyl (C=O) groups excluding carboxylic acids is 2. The minimum absolute atomic E-state index is 0.228. The molecule has 148 valence electrons. The fourth-order valence-electron chi connectivity index (χ4n) is 3.48. The Morgan fingerprint density at radius 3 is 2.69 bits per heavy atom. The van der Waals surface area contributed by atoms with Gasteiger partial charge in [-0.25, -0.2) is 18.3 Å². The van der Waals surface area contributed by atoms with Crippen LogP contribution in [-0.4, -0.2) is 28.8 Å². The van der Waals surface area contributed by atoms with E-state index >= 15 is 0 Å². The fraction of sp³-hybridized carbons (Fsp3) is 0.190. The Kier molecular flexibility index (Phi) is 4.84. The van der Waals surface area contributed by atoms with Crippen molar-refractivity contribution >= 4 is 17.6 Å². The van der Waals surface area contributed by atoms with E-state index in [2.05, 4.69) is 15.2 Å². The van der Waals surface area contributed by atoms with Gasteiger partial charge in [0.15, 0.2) is 17.3 Å². The van der Waals surface area contributed by atoms with Crippen LogP contribution in [0.25, 0.3) is 5.69 Å². The number of fused-ring (bicyclic) bond motifs is 1. The third-order valence-corrected chi connectivity index (χ3v) is 4.83. The smallest absolute Gasteiger partial charge is 0.337 e. The van der Waals surface area contributed by atoms with Gasteiger partial charge >= 0.3 is 5.97 Å². The summed E-state index contributed by atoms with van der Waals surface area (Å²) in [4.78, 5) is 24.5. The Morgan fingerprint density at radius 1 is 1.10 bits per heavy atom. The molecule has 0 unspecified atom stereocenters. The van der Waals surface area contributed by atoms with Gasteiger partial charge in [-0.2, -0.15) is 5.10 Å². The van der Waals surface area contributed by atoms with Crippen LogP contribution in [0.15, 0.2) is 42.5 Å². The average molecular weight is 397 g/mol. The minimum Gasteiger partial charge on any atom is -0.465 e. The molecule has 8 heteroatoms. The first-order valence-electron chi connectivity index (χ1n) is 9.04. The summed E-state index contributed by atoms with van der Waals surface area (Å²) >= 11 is 0. The summed E-state index contributed by atoms with van der Waals surface area (Å²) in [6, 6.07) is 9.89. The molecule has 3 aromatic rings. The number of halogens is 2. The van der Waals surface area contributed by atoms with E-state index < -0.39 is 23.5 Å². The summed E-state index contributed by atoms with van der Waals surface area (Å²) in [5, 5.41) is 7.10. The van der Waals surface area contributed by atoms with Gasteiger partial charge in [0, 0.05) is 23.0 Å². The summed E-state index contributed by atoms with van der Waals surface area (Å²) < 4.78 is 33.1. The van der Waals surface area contributed by atoms with Gasteiger partial charge in [-0.05, 0) is 49.6 Å². The fourth-order valence-corrected chi connectivity index (χ4v) is 3.48. The summed E-state index contributed by atoms with van der Waals surface area (Å²) in [5.74, 6) is -2.87. The third kappa shape index (κ3) is 3.49. The quantitative estimate of drug-likeness (QED) is 0.682. The lowest BCUT2D eigenvalue weighted by Crippen LogP contribution is -2.15. The molecule has 0 bridgehead atoms. The van der Waals surface area contributed by atoms with Crippen molar-refractivity contribution in [1.82, 2.24) is 9.78 Å². The zero-order chi connectivity index (χ0) is 20.5. The number of methoxy groups -OCH3 is 1.